The van der Waals surface area contributed by atoms with Gasteiger partial charge in [0.2, 0.25) is 0 Å². The summed E-state index contributed by atoms with van der Waals surface area (Å²) in [5.41, 5.74) is 10.3. The molecule has 0 saturated heterocycles. The van der Waals surface area contributed by atoms with Crippen molar-refractivity contribution in [2.24, 2.45) is 0 Å². The maximum atomic E-state index is 12.0. The van der Waals surface area contributed by atoms with Crippen molar-refractivity contribution in [3.05, 3.63) is 94.5 Å². The molecule has 0 amide bonds. The molecular weight excluding hydrogens is 462 g/mol. The molecule has 2 heterocycles. The molecule has 0 radical (unpaired) electrons. The third-order valence-corrected chi connectivity index (χ3v) is 6.35. The SMILES string of the molecule is Nc1nc(-c2ccc(C#Cc3cccc(C(=O)O)c3-c3ccc4cc[nH]c4c3)cc2)c(C(=O)O)s1. The summed E-state index contributed by atoms with van der Waals surface area (Å²) in [4.78, 5) is 30.8. The van der Waals surface area contributed by atoms with Gasteiger partial charge in [-0.2, -0.15) is 0 Å². The van der Waals surface area contributed by atoms with Gasteiger partial charge in [0, 0.05) is 34.0 Å². The Morgan fingerprint density at radius 1 is 0.914 bits per heavy atom. The monoisotopic (exact) mass is 479 g/mol. The second-order valence-corrected chi connectivity index (χ2v) is 8.71. The van der Waals surface area contributed by atoms with Gasteiger partial charge in [-0.25, -0.2) is 14.6 Å². The van der Waals surface area contributed by atoms with Crippen molar-refractivity contribution in [2.45, 2.75) is 0 Å². The fourth-order valence-corrected chi connectivity index (χ4v) is 4.57. The molecule has 0 aliphatic heterocycles. The lowest BCUT2D eigenvalue weighted by Crippen LogP contribution is -2.01. The van der Waals surface area contributed by atoms with Crippen LogP contribution in [0.1, 0.15) is 31.2 Å². The molecule has 5 aromatic rings. The third kappa shape index (κ3) is 4.24. The van der Waals surface area contributed by atoms with Crippen molar-refractivity contribution >= 4 is 39.3 Å². The number of fused-ring (bicyclic) bond motifs is 1. The number of rotatable bonds is 4. The van der Waals surface area contributed by atoms with E-state index in [2.05, 4.69) is 21.8 Å². The summed E-state index contributed by atoms with van der Waals surface area (Å²) in [5, 5.41) is 20.4. The van der Waals surface area contributed by atoms with Crippen LogP contribution in [0.25, 0.3) is 33.3 Å². The molecule has 8 heteroatoms. The number of thiazole rings is 1. The fraction of sp³-hybridized carbons (Fsp3) is 0. The lowest BCUT2D eigenvalue weighted by molar-refractivity contribution is 0.0689. The number of hydrogen-bond acceptors (Lipinski definition) is 5. The fourth-order valence-electron chi connectivity index (χ4n) is 3.88. The van der Waals surface area contributed by atoms with E-state index >= 15 is 0 Å². The Balaban J connectivity index is 1.54. The van der Waals surface area contributed by atoms with Crippen LogP contribution in [0.2, 0.25) is 0 Å². The second-order valence-electron chi connectivity index (χ2n) is 7.68. The van der Waals surface area contributed by atoms with Crippen LogP contribution in [0.15, 0.2) is 72.9 Å². The molecule has 0 bridgehead atoms. The molecule has 0 aliphatic rings. The summed E-state index contributed by atoms with van der Waals surface area (Å²) < 4.78 is 0. The number of aromatic amines is 1. The average Bonchev–Trinajstić information content (AvgIpc) is 3.48. The first kappa shape index (κ1) is 21.9. The van der Waals surface area contributed by atoms with Crippen LogP contribution in [-0.2, 0) is 0 Å². The predicted octanol–water partition coefficient (Wildman–Crippen LogP) is 5.34. The van der Waals surface area contributed by atoms with E-state index in [1.807, 2.05) is 30.5 Å². The molecular formula is C27H17N3O4S. The van der Waals surface area contributed by atoms with Crippen molar-refractivity contribution in [3.63, 3.8) is 0 Å². The number of nitrogen functional groups attached to an aromatic ring is 1. The second kappa shape index (κ2) is 8.82. The molecule has 0 fully saturated rings. The quantitative estimate of drug-likeness (QED) is 0.258. The Hall–Kier alpha value is -4.87. The Morgan fingerprint density at radius 2 is 1.69 bits per heavy atom. The summed E-state index contributed by atoms with van der Waals surface area (Å²) in [5.74, 6) is 4.07. The number of aromatic carboxylic acids is 2. The highest BCUT2D eigenvalue weighted by Crippen LogP contribution is 2.31. The van der Waals surface area contributed by atoms with Gasteiger partial charge < -0.3 is 20.9 Å². The number of anilines is 1. The zero-order chi connectivity index (χ0) is 24.5. The van der Waals surface area contributed by atoms with Gasteiger partial charge in [0.05, 0.1) is 11.3 Å². The number of nitrogens with zero attached hydrogens (tertiary/aromatic N) is 1. The Morgan fingerprint density at radius 3 is 2.43 bits per heavy atom. The van der Waals surface area contributed by atoms with E-state index in [9.17, 15) is 19.8 Å². The van der Waals surface area contributed by atoms with Crippen LogP contribution in [0.5, 0.6) is 0 Å². The minimum atomic E-state index is -1.08. The van der Waals surface area contributed by atoms with E-state index in [1.54, 1.807) is 42.5 Å². The Bertz CT molecular complexity index is 1670. The molecule has 170 valence electrons. The summed E-state index contributed by atoms with van der Waals surface area (Å²) >= 11 is 0.922. The summed E-state index contributed by atoms with van der Waals surface area (Å²) in [6, 6.07) is 19.7. The third-order valence-electron chi connectivity index (χ3n) is 5.48. The van der Waals surface area contributed by atoms with Gasteiger partial charge in [-0.1, -0.05) is 53.5 Å². The van der Waals surface area contributed by atoms with Crippen LogP contribution in [-0.4, -0.2) is 32.1 Å². The number of carboxylic acid groups (broad SMARTS) is 2. The van der Waals surface area contributed by atoms with E-state index in [-0.39, 0.29) is 15.6 Å². The molecule has 0 saturated carbocycles. The van der Waals surface area contributed by atoms with Gasteiger partial charge in [0.1, 0.15) is 4.88 Å². The van der Waals surface area contributed by atoms with Crippen molar-refractivity contribution in [1.29, 1.82) is 0 Å². The van der Waals surface area contributed by atoms with E-state index in [0.29, 0.717) is 27.9 Å². The highest BCUT2D eigenvalue weighted by molar-refractivity contribution is 7.17. The molecule has 3 aromatic carbocycles. The molecule has 2 aromatic heterocycles. The molecule has 5 N–H and O–H groups in total. The first-order chi connectivity index (χ1) is 16.9. The van der Waals surface area contributed by atoms with Crippen molar-refractivity contribution in [1.82, 2.24) is 9.97 Å². The summed E-state index contributed by atoms with van der Waals surface area (Å²) in [7, 11) is 0. The van der Waals surface area contributed by atoms with Gasteiger partial charge in [-0.3, -0.25) is 0 Å². The lowest BCUT2D eigenvalue weighted by Gasteiger charge is -2.10. The van der Waals surface area contributed by atoms with Crippen molar-refractivity contribution < 1.29 is 19.8 Å². The standard InChI is InChI=1S/C27H17N3O4S/c28-27-30-23(24(35-27)26(33)34)18-8-5-15(6-9-18)4-7-17-2-1-3-20(25(31)32)22(17)19-11-10-16-12-13-29-21(16)14-19/h1-3,5-6,8-14,29H,(H2,28,30)(H,31,32)(H,33,34). The smallest absolute Gasteiger partial charge is 0.348 e. The van der Waals surface area contributed by atoms with Gasteiger partial charge >= 0.3 is 11.9 Å². The predicted molar refractivity (Wildman–Crippen MR) is 136 cm³/mol. The highest BCUT2D eigenvalue weighted by atomic mass is 32.1. The maximum absolute atomic E-state index is 12.0. The average molecular weight is 480 g/mol. The minimum Gasteiger partial charge on any atom is -0.478 e. The van der Waals surface area contributed by atoms with E-state index in [4.69, 9.17) is 5.73 Å². The number of H-pyrrole nitrogens is 1. The largest absolute Gasteiger partial charge is 0.478 e. The van der Waals surface area contributed by atoms with Crippen LogP contribution < -0.4 is 5.73 Å². The first-order valence-corrected chi connectivity index (χ1v) is 11.3. The molecule has 0 unspecified atom stereocenters. The molecule has 0 spiro atoms. The van der Waals surface area contributed by atoms with E-state index in [0.717, 1.165) is 27.8 Å². The Kier molecular flexibility index (Phi) is 5.53. The van der Waals surface area contributed by atoms with Crippen LogP contribution in [0, 0.1) is 11.8 Å². The number of nitrogens with one attached hydrogen (secondary N) is 1. The first-order valence-electron chi connectivity index (χ1n) is 10.5. The Labute approximate surface area is 203 Å². The zero-order valence-electron chi connectivity index (χ0n) is 18.1. The molecule has 0 aliphatic carbocycles. The molecule has 35 heavy (non-hydrogen) atoms. The number of carbonyl (C=O) groups is 2. The van der Waals surface area contributed by atoms with Gasteiger partial charge in [0.15, 0.2) is 5.13 Å². The number of benzene rings is 3. The maximum Gasteiger partial charge on any atom is 0.348 e. The lowest BCUT2D eigenvalue weighted by atomic mass is 9.93. The number of carboxylic acids is 2. The van der Waals surface area contributed by atoms with Crippen molar-refractivity contribution in [2.75, 3.05) is 5.73 Å². The van der Waals surface area contributed by atoms with Crippen LogP contribution in [0.3, 0.4) is 0 Å². The number of nitrogens with two attached hydrogens (primary N) is 1. The van der Waals surface area contributed by atoms with Crippen LogP contribution >= 0.6 is 11.3 Å². The normalized spacial score (nSPS) is 10.6. The molecule has 7 nitrogen and oxygen atoms in total. The van der Waals surface area contributed by atoms with Gasteiger partial charge in [-0.05, 0) is 47.3 Å². The van der Waals surface area contributed by atoms with Gasteiger partial charge in [-0.15, -0.1) is 0 Å². The molecule has 0 atom stereocenters. The molecule has 5 rings (SSSR count). The summed E-state index contributed by atoms with van der Waals surface area (Å²) in [6.07, 6.45) is 1.83. The van der Waals surface area contributed by atoms with Crippen molar-refractivity contribution in [3.8, 4) is 34.2 Å². The minimum absolute atomic E-state index is 0.0792. The van der Waals surface area contributed by atoms with E-state index < -0.39 is 11.9 Å². The number of hydrogen-bond donors (Lipinski definition) is 4. The van der Waals surface area contributed by atoms with E-state index in [1.165, 1.54) is 0 Å². The highest BCUT2D eigenvalue weighted by Gasteiger charge is 2.18. The van der Waals surface area contributed by atoms with Crippen LogP contribution in [0.4, 0.5) is 5.13 Å². The summed E-state index contributed by atoms with van der Waals surface area (Å²) in [6.45, 7) is 0. The zero-order valence-corrected chi connectivity index (χ0v) is 18.9. The van der Waals surface area contributed by atoms with Gasteiger partial charge in [0.25, 0.3) is 0 Å². The number of aromatic nitrogens is 2. The topological polar surface area (TPSA) is 129 Å².